The molecule has 4 rings (SSSR count). The molecular formula is C23H26F4N6. The maximum Gasteiger partial charge on any atom is 0.419 e. The first-order valence-electron chi connectivity index (χ1n) is 10.7. The maximum atomic E-state index is 14.7. The lowest BCUT2D eigenvalue weighted by atomic mass is 10.0. The Balaban J connectivity index is 1.68. The molecule has 0 spiro atoms. The van der Waals surface area contributed by atoms with E-state index in [9.17, 15) is 17.6 Å². The molecule has 1 saturated heterocycles. The number of pyridine rings is 1. The molecule has 0 radical (unpaired) electrons. The van der Waals surface area contributed by atoms with Crippen LogP contribution in [0.15, 0.2) is 30.5 Å². The van der Waals surface area contributed by atoms with E-state index in [1.165, 1.54) is 12.1 Å². The average molecular weight is 462 g/mol. The first-order valence-corrected chi connectivity index (χ1v) is 10.7. The zero-order valence-electron chi connectivity index (χ0n) is 18.9. The summed E-state index contributed by atoms with van der Waals surface area (Å²) >= 11 is 0. The van der Waals surface area contributed by atoms with Gasteiger partial charge in [0.15, 0.2) is 5.82 Å². The highest BCUT2D eigenvalue weighted by Gasteiger charge is 2.35. The van der Waals surface area contributed by atoms with E-state index < -0.39 is 23.6 Å². The van der Waals surface area contributed by atoms with Crippen LogP contribution < -0.4 is 10.2 Å². The number of alkyl halides is 3. The van der Waals surface area contributed by atoms with Crippen molar-refractivity contribution in [3.05, 3.63) is 53.1 Å². The molecule has 6 nitrogen and oxygen atoms in total. The summed E-state index contributed by atoms with van der Waals surface area (Å²) in [4.78, 5) is 8.98. The predicted molar refractivity (Wildman–Crippen MR) is 120 cm³/mol. The van der Waals surface area contributed by atoms with Crippen LogP contribution in [0.2, 0.25) is 0 Å². The van der Waals surface area contributed by atoms with Crippen LogP contribution in [0.3, 0.4) is 0 Å². The van der Waals surface area contributed by atoms with E-state index in [1.807, 2.05) is 13.0 Å². The summed E-state index contributed by atoms with van der Waals surface area (Å²) in [7, 11) is 4.11. The summed E-state index contributed by atoms with van der Waals surface area (Å²) in [6.45, 7) is 5.12. The van der Waals surface area contributed by atoms with Crippen LogP contribution in [0.25, 0.3) is 10.8 Å². The normalized spacial score (nSPS) is 17.7. The van der Waals surface area contributed by atoms with Crippen LogP contribution in [-0.4, -0.2) is 53.3 Å². The van der Waals surface area contributed by atoms with E-state index in [1.54, 1.807) is 13.1 Å². The Kier molecular flexibility index (Phi) is 6.13. The Morgan fingerprint density at radius 1 is 1.18 bits per heavy atom. The molecular weight excluding hydrogens is 436 g/mol. The molecule has 0 aliphatic carbocycles. The van der Waals surface area contributed by atoms with Crippen LogP contribution in [-0.2, 0) is 6.18 Å². The van der Waals surface area contributed by atoms with Gasteiger partial charge in [-0.3, -0.25) is 0 Å². The Hall–Kier alpha value is -3.01. The monoisotopic (exact) mass is 462 g/mol. The van der Waals surface area contributed by atoms with Crippen LogP contribution in [0.1, 0.15) is 36.2 Å². The average Bonchev–Trinajstić information content (AvgIpc) is 3.25. The quantitative estimate of drug-likeness (QED) is 0.550. The van der Waals surface area contributed by atoms with Gasteiger partial charge >= 0.3 is 6.18 Å². The molecule has 2 atom stereocenters. The number of nitrogens with one attached hydrogen (secondary N) is 1. The number of rotatable bonds is 5. The SMILES string of the molecule is Cc1nnc(N[C@H](C)c2cccc(C(F)(F)F)c2F)c2cc(N3CC[C@H](N(C)C)C3)ncc12. The molecule has 1 N–H and O–H groups in total. The van der Waals surface area contributed by atoms with Crippen molar-refractivity contribution >= 4 is 22.4 Å². The number of hydrogen-bond donors (Lipinski definition) is 1. The first-order chi connectivity index (χ1) is 15.6. The molecule has 3 aromatic rings. The summed E-state index contributed by atoms with van der Waals surface area (Å²) in [5.74, 6) is -0.129. The van der Waals surface area contributed by atoms with Gasteiger partial charge in [-0.2, -0.15) is 18.3 Å². The zero-order chi connectivity index (χ0) is 23.9. The third kappa shape index (κ3) is 4.57. The van der Waals surface area contributed by atoms with Gasteiger partial charge in [0.25, 0.3) is 0 Å². The number of likely N-dealkylation sites (N-methyl/N-ethyl adjacent to an activating group) is 1. The summed E-state index contributed by atoms with van der Waals surface area (Å²) < 4.78 is 54.1. The van der Waals surface area contributed by atoms with Crippen molar-refractivity contribution in [1.82, 2.24) is 20.1 Å². The number of anilines is 2. The third-order valence-electron chi connectivity index (χ3n) is 6.21. The Morgan fingerprint density at radius 3 is 2.61 bits per heavy atom. The summed E-state index contributed by atoms with van der Waals surface area (Å²) in [5.41, 5.74) is -0.701. The van der Waals surface area contributed by atoms with Gasteiger partial charge in [-0.05, 0) is 46.5 Å². The predicted octanol–water partition coefficient (Wildman–Crippen LogP) is 4.80. The molecule has 1 aromatic carbocycles. The molecule has 0 bridgehead atoms. The minimum Gasteiger partial charge on any atom is -0.361 e. The highest BCUT2D eigenvalue weighted by Crippen LogP contribution is 2.35. The Morgan fingerprint density at radius 2 is 1.94 bits per heavy atom. The molecule has 3 heterocycles. The number of aromatic nitrogens is 3. The number of halogens is 4. The van der Waals surface area contributed by atoms with E-state index in [2.05, 4.69) is 44.4 Å². The minimum absolute atomic E-state index is 0.0944. The van der Waals surface area contributed by atoms with E-state index in [0.29, 0.717) is 17.6 Å². The van der Waals surface area contributed by atoms with Gasteiger partial charge in [0.05, 0.1) is 17.3 Å². The lowest BCUT2D eigenvalue weighted by Crippen LogP contribution is -2.31. The standard InChI is InChI=1S/C23H26F4N6/c1-13(16-6-5-7-19(21(16)24)23(25,26)27)29-22-17-10-20(28-11-18(17)14(2)30-31-22)33-9-8-15(12-33)32(3)4/h5-7,10-11,13,15H,8-9,12H2,1-4H3,(H,29,31)/t13-,15+/m1/s1. The number of nitrogens with zero attached hydrogens (tertiary/aromatic N) is 5. The number of aryl methyl sites for hydroxylation is 1. The number of fused-ring (bicyclic) bond motifs is 1. The van der Waals surface area contributed by atoms with Gasteiger partial charge in [0.2, 0.25) is 0 Å². The minimum atomic E-state index is -4.77. The fourth-order valence-electron chi connectivity index (χ4n) is 4.20. The van der Waals surface area contributed by atoms with Crippen molar-refractivity contribution in [2.45, 2.75) is 38.5 Å². The van der Waals surface area contributed by atoms with Gasteiger partial charge in [0, 0.05) is 41.7 Å². The largest absolute Gasteiger partial charge is 0.419 e. The molecule has 10 heteroatoms. The summed E-state index contributed by atoms with van der Waals surface area (Å²) in [6.07, 6.45) is -2.01. The van der Waals surface area contributed by atoms with Gasteiger partial charge in [-0.15, -0.1) is 5.10 Å². The fourth-order valence-corrected chi connectivity index (χ4v) is 4.20. The van der Waals surface area contributed by atoms with Crippen LogP contribution >= 0.6 is 0 Å². The highest BCUT2D eigenvalue weighted by atomic mass is 19.4. The van der Waals surface area contributed by atoms with Gasteiger partial charge < -0.3 is 15.1 Å². The summed E-state index contributed by atoms with van der Waals surface area (Å²) in [5, 5.41) is 12.9. The van der Waals surface area contributed by atoms with Crippen molar-refractivity contribution < 1.29 is 17.6 Å². The Labute approximate surface area is 189 Å². The summed E-state index contributed by atoms with van der Waals surface area (Å²) in [6, 6.07) is 4.85. The maximum absolute atomic E-state index is 14.7. The Bertz CT molecular complexity index is 1160. The molecule has 1 aliphatic rings. The number of benzene rings is 1. The second-order valence-electron chi connectivity index (χ2n) is 8.65. The van der Waals surface area contributed by atoms with Crippen molar-refractivity contribution in [2.24, 2.45) is 0 Å². The van der Waals surface area contributed by atoms with E-state index in [-0.39, 0.29) is 5.56 Å². The van der Waals surface area contributed by atoms with E-state index in [0.717, 1.165) is 42.2 Å². The van der Waals surface area contributed by atoms with E-state index in [4.69, 9.17) is 0 Å². The van der Waals surface area contributed by atoms with Crippen molar-refractivity contribution in [1.29, 1.82) is 0 Å². The van der Waals surface area contributed by atoms with Crippen LogP contribution in [0, 0.1) is 12.7 Å². The molecule has 0 saturated carbocycles. The molecule has 1 fully saturated rings. The van der Waals surface area contributed by atoms with Crippen LogP contribution in [0.5, 0.6) is 0 Å². The highest BCUT2D eigenvalue weighted by molar-refractivity contribution is 5.94. The van der Waals surface area contributed by atoms with Crippen LogP contribution in [0.4, 0.5) is 29.2 Å². The van der Waals surface area contributed by atoms with Gasteiger partial charge in [-0.1, -0.05) is 12.1 Å². The molecule has 176 valence electrons. The second-order valence-corrected chi connectivity index (χ2v) is 8.65. The van der Waals surface area contributed by atoms with Gasteiger partial charge in [0.1, 0.15) is 11.6 Å². The topological polar surface area (TPSA) is 57.2 Å². The van der Waals surface area contributed by atoms with Crippen molar-refractivity contribution in [3.63, 3.8) is 0 Å². The molecule has 0 unspecified atom stereocenters. The lowest BCUT2D eigenvalue weighted by Gasteiger charge is -2.22. The molecule has 1 aliphatic heterocycles. The van der Waals surface area contributed by atoms with Gasteiger partial charge in [-0.25, -0.2) is 9.37 Å². The lowest BCUT2D eigenvalue weighted by molar-refractivity contribution is -0.140. The smallest absolute Gasteiger partial charge is 0.361 e. The molecule has 33 heavy (non-hydrogen) atoms. The molecule has 2 aromatic heterocycles. The second kappa shape index (κ2) is 8.74. The number of hydrogen-bond acceptors (Lipinski definition) is 6. The first kappa shape index (κ1) is 23.2. The van der Waals surface area contributed by atoms with Crippen molar-refractivity contribution in [3.8, 4) is 0 Å². The van der Waals surface area contributed by atoms with Crippen molar-refractivity contribution in [2.75, 3.05) is 37.4 Å². The zero-order valence-corrected chi connectivity index (χ0v) is 18.9. The third-order valence-corrected chi connectivity index (χ3v) is 6.21. The molecule has 0 amide bonds. The fraction of sp³-hybridized carbons (Fsp3) is 0.435. The van der Waals surface area contributed by atoms with E-state index >= 15 is 0 Å².